The number of nitrogens with zero attached hydrogens (tertiary/aromatic N) is 2. The molecule has 11 heavy (non-hydrogen) atoms. The molecule has 1 aromatic rings. The van der Waals surface area contributed by atoms with Gasteiger partial charge in [0.15, 0.2) is 5.82 Å². The Morgan fingerprint density at radius 3 is 2.73 bits per heavy atom. The molecule has 0 bridgehead atoms. The van der Waals surface area contributed by atoms with Gasteiger partial charge in [0.05, 0.1) is 0 Å². The second-order valence-corrected chi connectivity index (χ2v) is 2.86. The third-order valence-corrected chi connectivity index (χ3v) is 1.24. The predicted octanol–water partition coefficient (Wildman–Crippen LogP) is 0.760. The second-order valence-electron chi connectivity index (χ2n) is 2.86. The molecule has 0 saturated heterocycles. The van der Waals surface area contributed by atoms with Crippen LogP contribution in [0.25, 0.3) is 0 Å². The lowest BCUT2D eigenvalue weighted by Gasteiger charge is -1.95. The Morgan fingerprint density at radius 2 is 2.27 bits per heavy atom. The van der Waals surface area contributed by atoms with Gasteiger partial charge in [-0.25, -0.2) is 0 Å². The van der Waals surface area contributed by atoms with Crippen LogP contribution in [0.4, 0.5) is 0 Å². The van der Waals surface area contributed by atoms with Crippen LogP contribution in [0.2, 0.25) is 0 Å². The Hall–Kier alpha value is -0.900. The summed E-state index contributed by atoms with van der Waals surface area (Å²) in [6, 6.07) is 0. The van der Waals surface area contributed by atoms with E-state index in [4.69, 9.17) is 9.63 Å². The highest BCUT2D eigenvalue weighted by Gasteiger charge is 2.05. The zero-order valence-electron chi connectivity index (χ0n) is 6.74. The molecule has 4 nitrogen and oxygen atoms in total. The predicted molar refractivity (Wildman–Crippen MR) is 38.8 cm³/mol. The molecule has 1 aromatic heterocycles. The fourth-order valence-electron chi connectivity index (χ4n) is 0.802. The maximum atomic E-state index is 8.59. The van der Waals surface area contributed by atoms with Crippen molar-refractivity contribution in [3.8, 4) is 0 Å². The van der Waals surface area contributed by atoms with Gasteiger partial charge in [-0.2, -0.15) is 4.98 Å². The van der Waals surface area contributed by atoms with E-state index >= 15 is 0 Å². The smallest absolute Gasteiger partial charge is 0.252 e. The number of aromatic nitrogens is 2. The van der Waals surface area contributed by atoms with Crippen LogP contribution >= 0.6 is 0 Å². The molecule has 62 valence electrons. The minimum absolute atomic E-state index is 0.176. The average Bonchev–Trinajstić information content (AvgIpc) is 2.34. The van der Waals surface area contributed by atoms with Crippen molar-refractivity contribution in [2.75, 3.05) is 0 Å². The summed E-state index contributed by atoms with van der Waals surface area (Å²) < 4.78 is 4.70. The van der Waals surface area contributed by atoms with E-state index < -0.39 is 0 Å². The van der Waals surface area contributed by atoms with Crippen molar-refractivity contribution in [2.45, 2.75) is 26.9 Å². The summed E-state index contributed by atoms with van der Waals surface area (Å²) in [5.41, 5.74) is 0. The second kappa shape index (κ2) is 3.48. The summed E-state index contributed by atoms with van der Waals surface area (Å²) in [6.45, 7) is 3.98. The summed E-state index contributed by atoms with van der Waals surface area (Å²) in [5, 5.41) is 12.3. The fourth-order valence-corrected chi connectivity index (χ4v) is 0.802. The van der Waals surface area contributed by atoms with Gasteiger partial charge in [-0.15, -0.1) is 0 Å². The van der Waals surface area contributed by atoms with Gasteiger partial charge in [0, 0.05) is 6.42 Å². The van der Waals surface area contributed by atoms with Crippen molar-refractivity contribution in [2.24, 2.45) is 5.92 Å². The molecule has 0 aliphatic heterocycles. The number of rotatable bonds is 3. The number of aliphatic hydroxyl groups excluding tert-OH is 1. The zero-order valence-corrected chi connectivity index (χ0v) is 6.74. The number of hydrogen-bond donors (Lipinski definition) is 1. The number of hydrogen-bond acceptors (Lipinski definition) is 4. The normalized spacial score (nSPS) is 10.9. The third kappa shape index (κ3) is 2.31. The van der Waals surface area contributed by atoms with Crippen molar-refractivity contribution < 1.29 is 9.63 Å². The first-order valence-corrected chi connectivity index (χ1v) is 3.64. The zero-order chi connectivity index (χ0) is 8.27. The SMILES string of the molecule is CC(C)Cc1noc(CO)n1. The summed E-state index contributed by atoms with van der Waals surface area (Å²) in [5.74, 6) is 1.48. The first-order chi connectivity index (χ1) is 5.22. The van der Waals surface area contributed by atoms with Crippen LogP contribution in [0.5, 0.6) is 0 Å². The van der Waals surface area contributed by atoms with Crippen LogP contribution in [0.15, 0.2) is 4.52 Å². The first-order valence-electron chi connectivity index (χ1n) is 3.64. The van der Waals surface area contributed by atoms with Gasteiger partial charge in [-0.1, -0.05) is 19.0 Å². The molecule has 1 N–H and O–H groups in total. The monoisotopic (exact) mass is 156 g/mol. The molecule has 0 atom stereocenters. The van der Waals surface area contributed by atoms with Crippen molar-refractivity contribution in [3.05, 3.63) is 11.7 Å². The van der Waals surface area contributed by atoms with Crippen molar-refractivity contribution in [1.82, 2.24) is 10.1 Å². The molecule has 0 fully saturated rings. The Balaban J connectivity index is 2.58. The summed E-state index contributed by atoms with van der Waals surface area (Å²) in [4.78, 5) is 3.94. The van der Waals surface area contributed by atoms with Crippen LogP contribution in [-0.4, -0.2) is 15.2 Å². The van der Waals surface area contributed by atoms with Crippen molar-refractivity contribution in [1.29, 1.82) is 0 Å². The van der Waals surface area contributed by atoms with Crippen LogP contribution in [-0.2, 0) is 13.0 Å². The summed E-state index contributed by atoms with van der Waals surface area (Å²) in [7, 11) is 0. The van der Waals surface area contributed by atoms with Gasteiger partial charge in [-0.05, 0) is 5.92 Å². The molecule has 0 aliphatic rings. The number of aliphatic hydroxyl groups is 1. The highest BCUT2D eigenvalue weighted by atomic mass is 16.5. The lowest BCUT2D eigenvalue weighted by atomic mass is 10.1. The molecular formula is C7H12N2O2. The van der Waals surface area contributed by atoms with Gasteiger partial charge in [-0.3, -0.25) is 0 Å². The first kappa shape index (κ1) is 8.20. The molecule has 1 heterocycles. The lowest BCUT2D eigenvalue weighted by Crippen LogP contribution is -1.96. The molecule has 1 rings (SSSR count). The minimum Gasteiger partial charge on any atom is -0.387 e. The van der Waals surface area contributed by atoms with Gasteiger partial charge in [0.1, 0.15) is 6.61 Å². The van der Waals surface area contributed by atoms with E-state index in [9.17, 15) is 0 Å². The van der Waals surface area contributed by atoms with Gasteiger partial charge >= 0.3 is 0 Å². The molecule has 0 saturated carbocycles. The van der Waals surface area contributed by atoms with Gasteiger partial charge < -0.3 is 9.63 Å². The summed E-state index contributed by atoms with van der Waals surface area (Å²) >= 11 is 0. The Labute approximate surface area is 65.2 Å². The largest absolute Gasteiger partial charge is 0.387 e. The summed E-state index contributed by atoms with van der Waals surface area (Å²) in [6.07, 6.45) is 0.795. The van der Waals surface area contributed by atoms with E-state index in [0.717, 1.165) is 6.42 Å². The molecule has 0 amide bonds. The fraction of sp³-hybridized carbons (Fsp3) is 0.714. The molecule has 0 unspecified atom stereocenters. The van der Waals surface area contributed by atoms with E-state index in [2.05, 4.69) is 24.0 Å². The van der Waals surface area contributed by atoms with Crippen LogP contribution in [0.1, 0.15) is 25.6 Å². The Kier molecular flexibility index (Phi) is 2.59. The van der Waals surface area contributed by atoms with Crippen LogP contribution in [0, 0.1) is 5.92 Å². The Morgan fingerprint density at radius 1 is 1.55 bits per heavy atom. The minimum atomic E-state index is -0.176. The quantitative estimate of drug-likeness (QED) is 0.701. The van der Waals surface area contributed by atoms with Crippen LogP contribution < -0.4 is 0 Å². The van der Waals surface area contributed by atoms with E-state index in [1.807, 2.05) is 0 Å². The lowest BCUT2D eigenvalue weighted by molar-refractivity contribution is 0.222. The molecule has 0 aromatic carbocycles. The Bertz CT molecular complexity index is 220. The average molecular weight is 156 g/mol. The van der Waals surface area contributed by atoms with E-state index in [1.54, 1.807) is 0 Å². The highest BCUT2D eigenvalue weighted by Crippen LogP contribution is 2.03. The van der Waals surface area contributed by atoms with E-state index in [0.29, 0.717) is 17.6 Å². The van der Waals surface area contributed by atoms with Crippen molar-refractivity contribution in [3.63, 3.8) is 0 Å². The molecule has 0 aliphatic carbocycles. The molecule has 4 heteroatoms. The molecular weight excluding hydrogens is 144 g/mol. The van der Waals surface area contributed by atoms with E-state index in [1.165, 1.54) is 0 Å². The maximum Gasteiger partial charge on any atom is 0.252 e. The van der Waals surface area contributed by atoms with Crippen LogP contribution in [0.3, 0.4) is 0 Å². The molecule has 0 radical (unpaired) electrons. The molecule has 0 spiro atoms. The maximum absolute atomic E-state index is 8.59. The van der Waals surface area contributed by atoms with Gasteiger partial charge in [0.2, 0.25) is 0 Å². The van der Waals surface area contributed by atoms with Gasteiger partial charge in [0.25, 0.3) is 5.89 Å². The van der Waals surface area contributed by atoms with Crippen molar-refractivity contribution >= 4 is 0 Å². The standard InChI is InChI=1S/C7H12N2O2/c1-5(2)3-6-8-7(4-10)11-9-6/h5,10H,3-4H2,1-2H3. The van der Waals surface area contributed by atoms with E-state index in [-0.39, 0.29) is 6.61 Å². The topological polar surface area (TPSA) is 59.2 Å². The highest BCUT2D eigenvalue weighted by molar-refractivity contribution is 4.85. The third-order valence-electron chi connectivity index (χ3n) is 1.24.